The van der Waals surface area contributed by atoms with Crippen molar-refractivity contribution >= 4 is 62.5 Å². The number of carbonyl (C=O) groups is 4. The number of hydrogen-bond donors (Lipinski definition) is 5. The lowest BCUT2D eigenvalue weighted by molar-refractivity contribution is -0.144. The van der Waals surface area contributed by atoms with Gasteiger partial charge in [0.15, 0.2) is 5.82 Å². The first-order chi connectivity index (χ1) is 37.4. The van der Waals surface area contributed by atoms with Crippen LogP contribution in [0.3, 0.4) is 0 Å². The summed E-state index contributed by atoms with van der Waals surface area (Å²) in [5.41, 5.74) is 4.42. The Morgan fingerprint density at radius 3 is 2.42 bits per heavy atom. The summed E-state index contributed by atoms with van der Waals surface area (Å²) in [6.07, 6.45) is 5.50. The van der Waals surface area contributed by atoms with Crippen molar-refractivity contribution in [2.45, 2.75) is 142 Å². The lowest BCUT2D eigenvalue weighted by atomic mass is 9.85. The molecule has 0 spiro atoms. The number of piperazine rings is 1. The number of aliphatic hydroxyl groups excluding tert-OH is 1. The van der Waals surface area contributed by atoms with Gasteiger partial charge in [0, 0.05) is 75.8 Å². The summed E-state index contributed by atoms with van der Waals surface area (Å²) in [4.78, 5) is 79.9. The lowest BCUT2D eigenvalue weighted by Crippen LogP contribution is -2.57. The Hall–Kier alpha value is -6.90. The molecular formula is C58H68F2N10O7S. The molecule has 4 amide bonds. The number of rotatable bonds is 17. The number of nitrogens with one attached hydrogen (secondary N) is 3. The number of phenolic OH excluding ortho intramolecular Hbond substituents is 1. The van der Waals surface area contributed by atoms with Crippen LogP contribution in [0.15, 0.2) is 60.2 Å². The molecule has 7 heterocycles. The number of phenols is 1. The summed E-state index contributed by atoms with van der Waals surface area (Å²) < 4.78 is 38.7. The zero-order valence-corrected chi connectivity index (χ0v) is 45.6. The average molecular weight is 1090 g/mol. The first-order valence-electron chi connectivity index (χ1n) is 27.2. The molecule has 4 saturated heterocycles. The molecule has 2 bridgehead atoms. The normalized spacial score (nSPS) is 20.7. The van der Waals surface area contributed by atoms with Gasteiger partial charge in [-0.2, -0.15) is 9.97 Å². The zero-order valence-electron chi connectivity index (χ0n) is 44.8. The Bertz CT molecular complexity index is 3230. The molecule has 6 aromatic rings. The van der Waals surface area contributed by atoms with Crippen LogP contribution in [0.4, 0.5) is 14.6 Å². The van der Waals surface area contributed by atoms with E-state index in [1.165, 1.54) is 29.3 Å². The third kappa shape index (κ3) is 11.5. The van der Waals surface area contributed by atoms with Crippen LogP contribution in [0.25, 0.3) is 43.4 Å². The van der Waals surface area contributed by atoms with E-state index in [0.717, 1.165) is 41.0 Å². The number of unbranched alkanes of at least 4 members (excludes halogenated alkanes) is 1. The lowest BCUT2D eigenvalue weighted by Gasteiger charge is -2.35. The zero-order chi connectivity index (χ0) is 55.0. The van der Waals surface area contributed by atoms with Gasteiger partial charge in [-0.25, -0.2) is 13.8 Å². The van der Waals surface area contributed by atoms with Gasteiger partial charge in [-0.05, 0) is 103 Å². The van der Waals surface area contributed by atoms with Crippen LogP contribution < -0.4 is 25.6 Å². The number of aryl methyl sites for hydroxylation is 2. The van der Waals surface area contributed by atoms with E-state index < -0.39 is 41.1 Å². The fourth-order valence-electron chi connectivity index (χ4n) is 11.7. The third-order valence-electron chi connectivity index (χ3n) is 15.8. The number of pyridine rings is 1. The van der Waals surface area contributed by atoms with Crippen LogP contribution in [-0.2, 0) is 32.1 Å². The minimum Gasteiger partial charge on any atom is -0.508 e. The SMILES string of the molecule is CCc1c(F)ccc2cc(O)cc(-c3ncc4c(N5CC6CCC(C5)N6)nc(OC[C@@H]5CCCN5C(=O)CCCCC(=O)NC(C(=O)N5C[C@H](O)C[C@@H]5C(=O)NCc5ccc(-c6scnc6C)cc5)C(C)(C)C)nc4c3F)c12. The number of anilines is 1. The summed E-state index contributed by atoms with van der Waals surface area (Å²) in [5, 5.41) is 32.3. The monoisotopic (exact) mass is 1090 g/mol. The summed E-state index contributed by atoms with van der Waals surface area (Å²) in [7, 11) is 0. The molecule has 4 fully saturated rings. The smallest absolute Gasteiger partial charge is 0.319 e. The molecule has 0 radical (unpaired) electrons. The van der Waals surface area contributed by atoms with E-state index in [0.29, 0.717) is 72.9 Å². The van der Waals surface area contributed by atoms with Gasteiger partial charge in [0.1, 0.15) is 47.3 Å². The highest BCUT2D eigenvalue weighted by atomic mass is 32.1. The van der Waals surface area contributed by atoms with E-state index in [4.69, 9.17) is 9.72 Å². The Balaban J connectivity index is 0.762. The standard InChI is InChI=1S/C58H68F2N10O7S/c1-6-41-44(59)20-17-35-22-39(71)23-42(48(35)41)50-49(60)51-43(26-61-50)54(68-27-36-18-19-37(28-68)64-36)67-57(66-51)77-30-38-10-9-21-69(38)47(74)12-8-7-11-46(73)65-53(58(3,4)5)56(76)70-29-40(72)24-45(70)55(75)62-25-33-13-15-34(16-14-33)52-32(2)63-31-78-52/h13-17,20,22-23,26,31,36-38,40,45,53,64,71-72H,6-12,18-19,21,24-25,27-30H2,1-5H3,(H,62,75)(H,65,73)/t36?,37?,38-,40+,45+,53?/m0/s1. The molecule has 5 N–H and O–H groups in total. The van der Waals surface area contributed by atoms with Crippen LogP contribution in [-0.4, -0.2) is 133 Å². The second-order valence-electron chi connectivity index (χ2n) is 22.4. The predicted molar refractivity (Wildman–Crippen MR) is 294 cm³/mol. The minimum absolute atomic E-state index is 0.0306. The largest absolute Gasteiger partial charge is 0.508 e. The van der Waals surface area contributed by atoms with E-state index in [-0.39, 0.29) is 103 Å². The average Bonchev–Trinajstić information content (AvgIpc) is 4.29. The quantitative estimate of drug-likeness (QED) is 0.0560. The molecular weight excluding hydrogens is 1020 g/mol. The molecule has 4 aliphatic rings. The maximum Gasteiger partial charge on any atom is 0.319 e. The summed E-state index contributed by atoms with van der Waals surface area (Å²) in [6.45, 7) is 11.3. The maximum absolute atomic E-state index is 17.2. The van der Waals surface area contributed by atoms with Crippen LogP contribution in [0.1, 0.15) is 102 Å². The number of nitrogens with zero attached hydrogens (tertiary/aromatic N) is 7. The Kier molecular flexibility index (Phi) is 15.9. The second kappa shape index (κ2) is 22.8. The van der Waals surface area contributed by atoms with E-state index in [1.807, 2.05) is 58.9 Å². The number of amides is 4. The van der Waals surface area contributed by atoms with Gasteiger partial charge in [0.25, 0.3) is 0 Å². The number of likely N-dealkylation sites (tertiary alicyclic amines) is 2. The number of thiazole rings is 1. The summed E-state index contributed by atoms with van der Waals surface area (Å²) in [6, 6.07) is 11.8. The highest BCUT2D eigenvalue weighted by Gasteiger charge is 2.45. The molecule has 10 rings (SSSR count). The Morgan fingerprint density at radius 1 is 0.949 bits per heavy atom. The van der Waals surface area contributed by atoms with Crippen molar-refractivity contribution in [2.24, 2.45) is 5.41 Å². The Morgan fingerprint density at radius 2 is 1.71 bits per heavy atom. The summed E-state index contributed by atoms with van der Waals surface area (Å²) in [5.74, 6) is -2.14. The number of β-amino-alcohol motifs (C(OH)–C–C–N with tert-alkyl or cyclic N) is 1. The van der Waals surface area contributed by atoms with Gasteiger partial charge in [-0.1, -0.05) is 58.0 Å². The van der Waals surface area contributed by atoms with Crippen molar-refractivity contribution in [3.05, 3.63) is 88.7 Å². The first kappa shape index (κ1) is 54.5. The number of halogens is 2. The van der Waals surface area contributed by atoms with Crippen LogP contribution in [0.2, 0.25) is 0 Å². The highest BCUT2D eigenvalue weighted by Crippen LogP contribution is 2.40. The van der Waals surface area contributed by atoms with E-state index in [2.05, 4.69) is 35.8 Å². The molecule has 17 nitrogen and oxygen atoms in total. The van der Waals surface area contributed by atoms with Crippen LogP contribution in [0, 0.1) is 24.0 Å². The van der Waals surface area contributed by atoms with Gasteiger partial charge in [-0.15, -0.1) is 11.3 Å². The fraction of sp³-hybridized carbons (Fsp3) is 0.483. The number of hydrogen-bond acceptors (Lipinski definition) is 14. The minimum atomic E-state index is -0.983. The van der Waals surface area contributed by atoms with E-state index >= 15 is 8.78 Å². The van der Waals surface area contributed by atoms with Crippen molar-refractivity contribution in [1.29, 1.82) is 0 Å². The van der Waals surface area contributed by atoms with Gasteiger partial charge in [-0.3, -0.25) is 24.2 Å². The molecule has 0 aliphatic carbocycles. The third-order valence-corrected chi connectivity index (χ3v) is 16.8. The van der Waals surface area contributed by atoms with E-state index in [1.54, 1.807) is 27.8 Å². The van der Waals surface area contributed by atoms with Crippen molar-refractivity contribution < 1.29 is 42.9 Å². The number of aliphatic hydroxyl groups is 1. The molecule has 3 unspecified atom stereocenters. The number of carbonyl (C=O) groups excluding carboxylic acids is 4. The first-order valence-corrected chi connectivity index (χ1v) is 28.1. The molecule has 6 atom stereocenters. The van der Waals surface area contributed by atoms with Gasteiger partial charge in [0.2, 0.25) is 23.6 Å². The second-order valence-corrected chi connectivity index (χ2v) is 23.2. The fourth-order valence-corrected chi connectivity index (χ4v) is 12.6. The Labute approximate surface area is 456 Å². The van der Waals surface area contributed by atoms with Crippen molar-refractivity contribution in [3.8, 4) is 33.5 Å². The van der Waals surface area contributed by atoms with Gasteiger partial charge < -0.3 is 45.6 Å². The molecule has 4 aliphatic heterocycles. The number of fused-ring (bicyclic) bond motifs is 4. The number of aromatic nitrogens is 4. The van der Waals surface area contributed by atoms with Crippen LogP contribution >= 0.6 is 11.3 Å². The van der Waals surface area contributed by atoms with Crippen LogP contribution in [0.5, 0.6) is 11.8 Å². The molecule has 3 aromatic heterocycles. The summed E-state index contributed by atoms with van der Waals surface area (Å²) >= 11 is 1.56. The van der Waals surface area contributed by atoms with Gasteiger partial charge >= 0.3 is 6.01 Å². The van der Waals surface area contributed by atoms with E-state index in [9.17, 15) is 29.4 Å². The van der Waals surface area contributed by atoms with Gasteiger partial charge in [0.05, 0.1) is 33.6 Å². The topological polar surface area (TPSA) is 215 Å². The molecule has 0 saturated carbocycles. The number of aromatic hydroxyl groups is 1. The van der Waals surface area contributed by atoms with Crippen molar-refractivity contribution in [1.82, 2.24) is 45.7 Å². The van der Waals surface area contributed by atoms with Crippen molar-refractivity contribution in [2.75, 3.05) is 37.7 Å². The highest BCUT2D eigenvalue weighted by molar-refractivity contribution is 7.13. The van der Waals surface area contributed by atoms with Crippen molar-refractivity contribution in [3.63, 3.8) is 0 Å². The predicted octanol–water partition coefficient (Wildman–Crippen LogP) is 7.50. The number of benzene rings is 3. The molecule has 412 valence electrons. The molecule has 78 heavy (non-hydrogen) atoms. The molecule has 3 aromatic carbocycles. The maximum atomic E-state index is 17.2. The molecule has 20 heteroatoms. The number of ether oxygens (including phenoxy) is 1.